The topological polar surface area (TPSA) is 64.1 Å². The summed E-state index contributed by atoms with van der Waals surface area (Å²) in [4.78, 5) is 22.0. The van der Waals surface area contributed by atoms with Crippen LogP contribution in [0.25, 0.3) is 0 Å². The summed E-state index contributed by atoms with van der Waals surface area (Å²) >= 11 is 1.60. The van der Waals surface area contributed by atoms with Crippen molar-refractivity contribution in [2.75, 3.05) is 11.9 Å². The van der Waals surface area contributed by atoms with E-state index >= 15 is 0 Å². The van der Waals surface area contributed by atoms with Crippen molar-refractivity contribution in [3.8, 4) is 0 Å². The van der Waals surface area contributed by atoms with Gasteiger partial charge in [-0.3, -0.25) is 4.79 Å². The van der Waals surface area contributed by atoms with Crippen LogP contribution in [0.4, 0.5) is 10.9 Å². The van der Waals surface area contributed by atoms with Gasteiger partial charge in [-0.2, -0.15) is 0 Å². The number of hydrogen-bond donors (Lipinski definition) is 1. The average molecular weight is 303 g/mol. The highest BCUT2D eigenvalue weighted by Crippen LogP contribution is 2.37. The van der Waals surface area contributed by atoms with Gasteiger partial charge in [0.2, 0.25) is 0 Å². The lowest BCUT2D eigenvalue weighted by molar-refractivity contribution is -0.145. The summed E-state index contributed by atoms with van der Waals surface area (Å²) in [6.07, 6.45) is 4.53. The number of ether oxygens (including phenoxy) is 1. The molecule has 0 saturated carbocycles. The number of esters is 1. The van der Waals surface area contributed by atoms with Gasteiger partial charge < -0.3 is 10.1 Å². The van der Waals surface area contributed by atoms with Crippen molar-refractivity contribution in [1.82, 2.24) is 9.97 Å². The van der Waals surface area contributed by atoms with Crippen molar-refractivity contribution in [2.45, 2.75) is 32.1 Å². The summed E-state index contributed by atoms with van der Waals surface area (Å²) in [6.45, 7) is 2.24. The molecule has 0 spiro atoms. The second-order valence-corrected chi connectivity index (χ2v) is 5.95. The Balaban J connectivity index is 1.82. The molecule has 1 aliphatic rings. The predicted molar refractivity (Wildman–Crippen MR) is 81.9 cm³/mol. The summed E-state index contributed by atoms with van der Waals surface area (Å²) in [6, 6.07) is 5.68. The fraction of sp³-hybridized carbons (Fsp3) is 0.400. The predicted octanol–water partition coefficient (Wildman–Crippen LogP) is 3.26. The summed E-state index contributed by atoms with van der Waals surface area (Å²) in [5, 5.41) is 3.98. The monoisotopic (exact) mass is 303 g/mol. The zero-order valence-corrected chi connectivity index (χ0v) is 12.7. The van der Waals surface area contributed by atoms with E-state index in [1.54, 1.807) is 17.5 Å². The Bertz CT molecular complexity index is 627. The van der Waals surface area contributed by atoms with E-state index in [-0.39, 0.29) is 11.9 Å². The van der Waals surface area contributed by atoms with Crippen molar-refractivity contribution < 1.29 is 9.53 Å². The molecule has 6 heteroatoms. The number of fused-ring (bicyclic) bond motifs is 1. The first kappa shape index (κ1) is 14.0. The number of carbonyl (C=O) groups excluding carboxylic acids is 1. The number of nitrogens with one attached hydrogen (secondary N) is 1. The Morgan fingerprint density at radius 1 is 1.52 bits per heavy atom. The number of aromatic nitrogens is 2. The van der Waals surface area contributed by atoms with Gasteiger partial charge in [0.05, 0.1) is 12.3 Å². The maximum Gasteiger partial charge on any atom is 0.315 e. The molecule has 1 atom stereocenters. The first-order valence-corrected chi connectivity index (χ1v) is 7.94. The van der Waals surface area contributed by atoms with E-state index in [9.17, 15) is 4.79 Å². The molecule has 0 aliphatic heterocycles. The zero-order chi connectivity index (χ0) is 14.7. The van der Waals surface area contributed by atoms with E-state index < -0.39 is 0 Å². The minimum Gasteiger partial charge on any atom is -0.465 e. The van der Waals surface area contributed by atoms with Crippen molar-refractivity contribution in [2.24, 2.45) is 0 Å². The molecule has 0 radical (unpaired) electrons. The second-order valence-electron chi connectivity index (χ2n) is 4.86. The lowest BCUT2D eigenvalue weighted by Gasteiger charge is -2.19. The molecular weight excluding hydrogens is 286 g/mol. The molecule has 0 saturated heterocycles. The van der Waals surface area contributed by atoms with E-state index in [1.165, 1.54) is 4.88 Å². The molecule has 3 rings (SSSR count). The fourth-order valence-corrected chi connectivity index (χ4v) is 3.56. The Kier molecular flexibility index (Phi) is 4.15. The summed E-state index contributed by atoms with van der Waals surface area (Å²) in [5.74, 6) is 0.383. The Morgan fingerprint density at radius 2 is 2.43 bits per heavy atom. The molecule has 0 fully saturated rings. The molecule has 110 valence electrons. The van der Waals surface area contributed by atoms with Crippen molar-refractivity contribution in [1.29, 1.82) is 0 Å². The van der Waals surface area contributed by atoms with Gasteiger partial charge in [0, 0.05) is 11.1 Å². The fourth-order valence-electron chi connectivity index (χ4n) is 2.49. The van der Waals surface area contributed by atoms with Crippen LogP contribution in [-0.2, 0) is 16.0 Å². The van der Waals surface area contributed by atoms with Gasteiger partial charge >= 0.3 is 5.97 Å². The van der Waals surface area contributed by atoms with Gasteiger partial charge in [0.25, 0.3) is 0 Å². The quantitative estimate of drug-likeness (QED) is 0.878. The molecule has 2 aromatic rings. The number of pyridine rings is 1. The van der Waals surface area contributed by atoms with E-state index in [0.29, 0.717) is 6.61 Å². The molecule has 0 amide bonds. The minimum atomic E-state index is -0.218. The van der Waals surface area contributed by atoms with Crippen LogP contribution in [0, 0.1) is 0 Å². The highest BCUT2D eigenvalue weighted by molar-refractivity contribution is 7.15. The van der Waals surface area contributed by atoms with Crippen LogP contribution in [0.15, 0.2) is 24.4 Å². The maximum atomic E-state index is 12.0. The lowest BCUT2D eigenvalue weighted by Crippen LogP contribution is -2.20. The molecule has 0 bridgehead atoms. The van der Waals surface area contributed by atoms with Crippen LogP contribution < -0.4 is 5.32 Å². The molecule has 1 aliphatic carbocycles. The zero-order valence-electron chi connectivity index (χ0n) is 11.8. The number of carbonyl (C=O) groups is 1. The van der Waals surface area contributed by atoms with Crippen LogP contribution >= 0.6 is 11.3 Å². The van der Waals surface area contributed by atoms with Gasteiger partial charge in [-0.15, -0.1) is 11.3 Å². The lowest BCUT2D eigenvalue weighted by atomic mass is 9.91. The highest BCUT2D eigenvalue weighted by Gasteiger charge is 2.31. The number of aryl methyl sites for hydroxylation is 1. The Morgan fingerprint density at radius 3 is 3.19 bits per heavy atom. The number of hydrogen-bond acceptors (Lipinski definition) is 6. The molecule has 2 heterocycles. The normalized spacial score (nSPS) is 17.1. The SMILES string of the molecule is CCOC(=O)C1CCCc2sc(Nc3ccccn3)nc21. The van der Waals surface area contributed by atoms with Gasteiger partial charge in [-0.25, -0.2) is 9.97 Å². The van der Waals surface area contributed by atoms with E-state index in [1.807, 2.05) is 25.1 Å². The van der Waals surface area contributed by atoms with Gasteiger partial charge in [-0.1, -0.05) is 6.07 Å². The highest BCUT2D eigenvalue weighted by atomic mass is 32.1. The Labute approximate surface area is 127 Å². The first-order valence-electron chi connectivity index (χ1n) is 7.12. The number of rotatable bonds is 4. The number of nitrogens with zero attached hydrogens (tertiary/aromatic N) is 2. The molecule has 21 heavy (non-hydrogen) atoms. The Hall–Kier alpha value is -1.95. The molecular formula is C15H17N3O2S. The average Bonchev–Trinajstić information content (AvgIpc) is 2.90. The van der Waals surface area contributed by atoms with Crippen molar-refractivity contribution in [3.05, 3.63) is 35.0 Å². The summed E-state index contributed by atoms with van der Waals surface area (Å²) in [5.41, 5.74) is 0.878. The van der Waals surface area contributed by atoms with Crippen LogP contribution in [0.2, 0.25) is 0 Å². The van der Waals surface area contributed by atoms with Crippen LogP contribution in [0.1, 0.15) is 36.3 Å². The minimum absolute atomic E-state index is 0.159. The molecule has 5 nitrogen and oxygen atoms in total. The first-order chi connectivity index (χ1) is 10.3. The van der Waals surface area contributed by atoms with E-state index in [2.05, 4.69) is 15.3 Å². The molecule has 1 N–H and O–H groups in total. The van der Waals surface area contributed by atoms with E-state index in [0.717, 1.165) is 35.9 Å². The van der Waals surface area contributed by atoms with Crippen molar-refractivity contribution >= 4 is 28.3 Å². The van der Waals surface area contributed by atoms with Gasteiger partial charge in [0.15, 0.2) is 5.13 Å². The third-order valence-corrected chi connectivity index (χ3v) is 4.47. The van der Waals surface area contributed by atoms with Gasteiger partial charge in [0.1, 0.15) is 11.7 Å². The largest absolute Gasteiger partial charge is 0.465 e. The van der Waals surface area contributed by atoms with Gasteiger partial charge in [-0.05, 0) is 38.3 Å². The maximum absolute atomic E-state index is 12.0. The molecule has 0 aromatic carbocycles. The third-order valence-electron chi connectivity index (χ3n) is 3.43. The van der Waals surface area contributed by atoms with Crippen LogP contribution in [0.3, 0.4) is 0 Å². The van der Waals surface area contributed by atoms with E-state index in [4.69, 9.17) is 4.74 Å². The summed E-state index contributed by atoms with van der Waals surface area (Å²) in [7, 11) is 0. The molecule has 1 unspecified atom stereocenters. The molecule has 2 aromatic heterocycles. The second kappa shape index (κ2) is 6.22. The number of anilines is 2. The van der Waals surface area contributed by atoms with Crippen molar-refractivity contribution in [3.63, 3.8) is 0 Å². The smallest absolute Gasteiger partial charge is 0.315 e. The third kappa shape index (κ3) is 3.05. The standard InChI is InChI=1S/C15H17N3O2S/c1-2-20-14(19)10-6-5-7-11-13(10)18-15(21-11)17-12-8-3-4-9-16-12/h3-4,8-10H,2,5-7H2,1H3,(H,16,17,18). The summed E-state index contributed by atoms with van der Waals surface area (Å²) < 4.78 is 5.16. The van der Waals surface area contributed by atoms with Crippen LogP contribution in [-0.4, -0.2) is 22.5 Å². The number of thiazole rings is 1. The van der Waals surface area contributed by atoms with Crippen LogP contribution in [0.5, 0.6) is 0 Å².